The Balaban J connectivity index is 2.06. The van der Waals surface area contributed by atoms with E-state index in [-0.39, 0.29) is 11.5 Å². The Morgan fingerprint density at radius 2 is 2.00 bits per heavy atom. The number of benzene rings is 2. The van der Waals surface area contributed by atoms with Gasteiger partial charge in [0.25, 0.3) is 0 Å². The largest absolute Gasteiger partial charge is 0.504 e. The lowest BCUT2D eigenvalue weighted by molar-refractivity contribution is -0.136. The number of aryl methyl sites for hydroxylation is 1. The first-order chi connectivity index (χ1) is 13.4. The normalized spacial score (nSPS) is 10.5. The fourth-order valence-corrected chi connectivity index (χ4v) is 2.51. The van der Waals surface area contributed by atoms with E-state index in [0.717, 1.165) is 11.1 Å². The minimum Gasteiger partial charge on any atom is -0.504 e. The quantitative estimate of drug-likeness (QED) is 0.310. The van der Waals surface area contributed by atoms with Crippen LogP contribution in [0.5, 0.6) is 11.5 Å². The van der Waals surface area contributed by atoms with Gasteiger partial charge in [0.15, 0.2) is 11.5 Å². The number of rotatable bonds is 6. The second kappa shape index (κ2) is 9.36. The molecule has 2 amide bonds. The standard InChI is InChI=1S/C21H23N3O4/c1-5-7-16-10-15(11-18(28-4)19(16)25)12-22-24-21(27)20(26)23-17-9-6-8-13(2)14(17)3/h5-6,8-12,25H,1,7H2,2-4H3,(H,23,26)(H,24,27)/b22-12+. The molecule has 28 heavy (non-hydrogen) atoms. The average molecular weight is 381 g/mol. The van der Waals surface area contributed by atoms with Crippen molar-refractivity contribution in [2.75, 3.05) is 12.4 Å². The number of carbonyl (C=O) groups excluding carboxylic acids is 2. The van der Waals surface area contributed by atoms with Crippen LogP contribution in [0.3, 0.4) is 0 Å². The molecule has 0 unspecified atom stereocenters. The molecule has 2 aromatic rings. The van der Waals surface area contributed by atoms with E-state index in [1.165, 1.54) is 13.3 Å². The Kier molecular flexibility index (Phi) is 6.92. The van der Waals surface area contributed by atoms with Crippen molar-refractivity contribution in [3.8, 4) is 11.5 Å². The van der Waals surface area contributed by atoms with Crippen molar-refractivity contribution < 1.29 is 19.4 Å². The smallest absolute Gasteiger partial charge is 0.329 e. The molecule has 3 N–H and O–H groups in total. The summed E-state index contributed by atoms with van der Waals surface area (Å²) in [6.07, 6.45) is 3.45. The second-order valence-corrected chi connectivity index (χ2v) is 6.12. The predicted molar refractivity (Wildman–Crippen MR) is 109 cm³/mol. The molecule has 0 spiro atoms. The van der Waals surface area contributed by atoms with Crippen LogP contribution in [0.25, 0.3) is 0 Å². The predicted octanol–water partition coefficient (Wildman–Crippen LogP) is 2.83. The maximum absolute atomic E-state index is 12.0. The lowest BCUT2D eigenvalue weighted by Gasteiger charge is -2.10. The topological polar surface area (TPSA) is 100 Å². The van der Waals surface area contributed by atoms with Crippen molar-refractivity contribution in [1.82, 2.24) is 5.43 Å². The van der Waals surface area contributed by atoms with E-state index in [1.54, 1.807) is 30.3 Å². The average Bonchev–Trinajstić information content (AvgIpc) is 2.67. The van der Waals surface area contributed by atoms with Gasteiger partial charge >= 0.3 is 11.8 Å². The number of allylic oxidation sites excluding steroid dienone is 1. The molecular formula is C21H23N3O4. The van der Waals surface area contributed by atoms with Gasteiger partial charge in [-0.15, -0.1) is 6.58 Å². The Bertz CT molecular complexity index is 935. The van der Waals surface area contributed by atoms with Crippen molar-refractivity contribution >= 4 is 23.7 Å². The number of phenolic OH excluding ortho intramolecular Hbond substituents is 1. The molecule has 0 aliphatic carbocycles. The number of nitrogens with one attached hydrogen (secondary N) is 2. The number of hydrogen-bond donors (Lipinski definition) is 3. The zero-order valence-electron chi connectivity index (χ0n) is 16.1. The highest BCUT2D eigenvalue weighted by atomic mass is 16.5. The molecule has 7 heteroatoms. The zero-order valence-corrected chi connectivity index (χ0v) is 16.1. The number of phenols is 1. The van der Waals surface area contributed by atoms with Crippen LogP contribution in [-0.2, 0) is 16.0 Å². The van der Waals surface area contributed by atoms with Crippen molar-refractivity contribution in [3.05, 3.63) is 65.2 Å². The minimum absolute atomic E-state index is 0.0245. The number of anilines is 1. The van der Waals surface area contributed by atoms with Gasteiger partial charge < -0.3 is 15.2 Å². The first-order valence-electron chi connectivity index (χ1n) is 8.58. The van der Waals surface area contributed by atoms with Crippen molar-refractivity contribution in [2.45, 2.75) is 20.3 Å². The molecule has 7 nitrogen and oxygen atoms in total. The fourth-order valence-electron chi connectivity index (χ4n) is 2.51. The molecule has 2 aromatic carbocycles. The van der Waals surface area contributed by atoms with Gasteiger partial charge in [-0.3, -0.25) is 9.59 Å². The van der Waals surface area contributed by atoms with Gasteiger partial charge in [0, 0.05) is 11.3 Å². The van der Waals surface area contributed by atoms with Crippen LogP contribution in [0.15, 0.2) is 48.1 Å². The summed E-state index contributed by atoms with van der Waals surface area (Å²) in [6.45, 7) is 7.43. The Morgan fingerprint density at radius 1 is 1.25 bits per heavy atom. The van der Waals surface area contributed by atoms with E-state index in [1.807, 2.05) is 19.9 Å². The Morgan fingerprint density at radius 3 is 2.68 bits per heavy atom. The highest BCUT2D eigenvalue weighted by molar-refractivity contribution is 6.39. The molecule has 2 rings (SSSR count). The Labute approximate surface area is 163 Å². The van der Waals surface area contributed by atoms with Crippen LogP contribution in [0.1, 0.15) is 22.3 Å². The molecule has 0 aliphatic rings. The molecule has 146 valence electrons. The van der Waals surface area contributed by atoms with E-state index < -0.39 is 11.8 Å². The summed E-state index contributed by atoms with van der Waals surface area (Å²) in [5, 5.41) is 16.4. The van der Waals surface area contributed by atoms with Crippen LogP contribution in [0.2, 0.25) is 0 Å². The molecule has 0 radical (unpaired) electrons. The Hall–Kier alpha value is -3.61. The lowest BCUT2D eigenvalue weighted by Crippen LogP contribution is -2.32. The number of amides is 2. The van der Waals surface area contributed by atoms with Gasteiger partial charge in [0.2, 0.25) is 0 Å². The van der Waals surface area contributed by atoms with Gasteiger partial charge in [0.05, 0.1) is 13.3 Å². The number of carbonyl (C=O) groups is 2. The number of aromatic hydroxyl groups is 1. The third-order valence-corrected chi connectivity index (χ3v) is 4.20. The first-order valence-corrected chi connectivity index (χ1v) is 8.58. The number of nitrogens with zero attached hydrogens (tertiary/aromatic N) is 1. The van der Waals surface area contributed by atoms with Crippen molar-refractivity contribution in [2.24, 2.45) is 5.10 Å². The second-order valence-electron chi connectivity index (χ2n) is 6.12. The molecule has 0 aliphatic heterocycles. The van der Waals surface area contributed by atoms with Gasteiger partial charge in [-0.05, 0) is 55.2 Å². The maximum Gasteiger partial charge on any atom is 0.329 e. The van der Waals surface area contributed by atoms with E-state index in [9.17, 15) is 14.7 Å². The minimum atomic E-state index is -0.894. The number of methoxy groups -OCH3 is 1. The monoisotopic (exact) mass is 381 g/mol. The van der Waals surface area contributed by atoms with E-state index in [4.69, 9.17) is 4.74 Å². The summed E-state index contributed by atoms with van der Waals surface area (Å²) in [6, 6.07) is 8.69. The summed E-state index contributed by atoms with van der Waals surface area (Å²) in [4.78, 5) is 24.0. The van der Waals surface area contributed by atoms with Gasteiger partial charge in [-0.25, -0.2) is 5.43 Å². The van der Waals surface area contributed by atoms with E-state index in [0.29, 0.717) is 23.2 Å². The van der Waals surface area contributed by atoms with Crippen LogP contribution in [0.4, 0.5) is 5.69 Å². The number of ether oxygens (including phenoxy) is 1. The molecule has 0 atom stereocenters. The number of hydrogen-bond acceptors (Lipinski definition) is 5. The molecule has 0 aromatic heterocycles. The lowest BCUT2D eigenvalue weighted by atomic mass is 10.1. The maximum atomic E-state index is 12.0. The molecule has 0 bridgehead atoms. The van der Waals surface area contributed by atoms with Crippen molar-refractivity contribution in [3.63, 3.8) is 0 Å². The number of hydrazone groups is 1. The summed E-state index contributed by atoms with van der Waals surface area (Å²) >= 11 is 0. The van der Waals surface area contributed by atoms with E-state index >= 15 is 0 Å². The third kappa shape index (κ3) is 4.97. The molecule has 0 fully saturated rings. The highest BCUT2D eigenvalue weighted by Crippen LogP contribution is 2.31. The first kappa shape index (κ1) is 20.7. The summed E-state index contributed by atoms with van der Waals surface area (Å²) < 4.78 is 5.13. The summed E-state index contributed by atoms with van der Waals surface area (Å²) in [5.74, 6) is -1.41. The van der Waals surface area contributed by atoms with Crippen LogP contribution in [-0.4, -0.2) is 30.2 Å². The van der Waals surface area contributed by atoms with Crippen LogP contribution in [0, 0.1) is 13.8 Å². The summed E-state index contributed by atoms with van der Waals surface area (Å²) in [5.41, 5.74) is 5.84. The highest BCUT2D eigenvalue weighted by Gasteiger charge is 2.14. The molecular weight excluding hydrogens is 358 g/mol. The third-order valence-electron chi connectivity index (χ3n) is 4.20. The van der Waals surface area contributed by atoms with Crippen molar-refractivity contribution in [1.29, 1.82) is 0 Å². The van der Waals surface area contributed by atoms with Gasteiger partial charge in [0.1, 0.15) is 0 Å². The fraction of sp³-hybridized carbons (Fsp3) is 0.190. The molecule has 0 heterocycles. The van der Waals surface area contributed by atoms with Gasteiger partial charge in [-0.2, -0.15) is 5.10 Å². The zero-order chi connectivity index (χ0) is 20.7. The molecule has 0 saturated carbocycles. The SMILES string of the molecule is C=CCc1cc(/C=N/NC(=O)C(=O)Nc2cccc(C)c2C)cc(OC)c1O. The summed E-state index contributed by atoms with van der Waals surface area (Å²) in [7, 11) is 1.44. The van der Waals surface area contributed by atoms with Crippen LogP contribution >= 0.6 is 0 Å². The van der Waals surface area contributed by atoms with E-state index in [2.05, 4.69) is 22.4 Å². The molecule has 0 saturated heterocycles. The van der Waals surface area contributed by atoms with Gasteiger partial charge in [-0.1, -0.05) is 18.2 Å². The van der Waals surface area contributed by atoms with Crippen LogP contribution < -0.4 is 15.5 Å².